The van der Waals surface area contributed by atoms with Gasteiger partial charge in [-0.15, -0.1) is 23.1 Å². The molecule has 1 unspecified atom stereocenters. The number of β-lactam (4-membered cyclic amide) rings is 1. The van der Waals surface area contributed by atoms with Gasteiger partial charge in [-0.25, -0.2) is 14.6 Å². The zero-order valence-corrected chi connectivity index (χ0v) is 19.7. The smallest absolute Gasteiger partial charge is 0.404 e. The molecule has 1 aromatic heterocycles. The number of primary amides is 1. The van der Waals surface area contributed by atoms with Crippen LogP contribution in [0.4, 0.5) is 9.93 Å². The van der Waals surface area contributed by atoms with Gasteiger partial charge < -0.3 is 35.8 Å². The third-order valence-corrected chi connectivity index (χ3v) is 6.70. The average Bonchev–Trinajstić information content (AvgIpc) is 3.30. The molecular weight excluding hydrogens is 524 g/mol. The molecule has 2 atom stereocenters. The van der Waals surface area contributed by atoms with Gasteiger partial charge >= 0.3 is 12.1 Å². The molecule has 0 radical (unpaired) electrons. The number of anilines is 1. The lowest BCUT2D eigenvalue weighted by atomic mass is 10.0. The highest BCUT2D eigenvalue weighted by Crippen LogP contribution is 2.40. The normalized spacial score (nSPS) is 18.9. The van der Waals surface area contributed by atoms with Crippen molar-refractivity contribution in [3.05, 3.63) is 22.3 Å². The van der Waals surface area contributed by atoms with Gasteiger partial charge in [-0.3, -0.25) is 24.1 Å². The van der Waals surface area contributed by atoms with Crippen LogP contribution in [0.1, 0.15) is 5.69 Å². The van der Waals surface area contributed by atoms with E-state index in [0.717, 1.165) is 28.0 Å². The van der Waals surface area contributed by atoms with Crippen LogP contribution < -0.4 is 16.4 Å². The number of oxime groups is 1. The first-order valence-corrected chi connectivity index (χ1v) is 11.8. The fourth-order valence-electron chi connectivity index (χ4n) is 3.11. The van der Waals surface area contributed by atoms with Crippen LogP contribution in [0, 0.1) is 0 Å². The summed E-state index contributed by atoms with van der Waals surface area (Å²) in [4.78, 5) is 79.4. The average molecular weight is 543 g/mol. The van der Waals surface area contributed by atoms with E-state index >= 15 is 0 Å². The van der Waals surface area contributed by atoms with Crippen LogP contribution >= 0.6 is 23.1 Å². The fraction of sp³-hybridized carbons (Fsp3) is 0.333. The fourth-order valence-corrected chi connectivity index (χ4v) is 5.09. The van der Waals surface area contributed by atoms with Gasteiger partial charge in [0.05, 0.1) is 0 Å². The van der Waals surface area contributed by atoms with Crippen LogP contribution in [0.3, 0.4) is 0 Å². The Hall–Kier alpha value is -4.19. The van der Waals surface area contributed by atoms with Crippen LogP contribution in [0.5, 0.6) is 0 Å². The molecule has 3 rings (SSSR count). The van der Waals surface area contributed by atoms with Crippen molar-refractivity contribution in [2.24, 2.45) is 10.9 Å². The van der Waals surface area contributed by atoms with Crippen LogP contribution in [0.2, 0.25) is 0 Å². The number of aromatic nitrogens is 1. The van der Waals surface area contributed by atoms with E-state index in [9.17, 15) is 33.9 Å². The number of nitrogens with two attached hydrogens (primary N) is 1. The van der Waals surface area contributed by atoms with Gasteiger partial charge in [0.2, 0.25) is 6.41 Å². The number of nitrogens with zero attached hydrogens (tertiary/aromatic N) is 3. The molecule has 1 fully saturated rings. The summed E-state index contributed by atoms with van der Waals surface area (Å²) in [5.74, 6) is -2.89. The van der Waals surface area contributed by atoms with Gasteiger partial charge in [-0.1, -0.05) is 5.16 Å². The van der Waals surface area contributed by atoms with E-state index in [1.165, 1.54) is 5.38 Å². The summed E-state index contributed by atoms with van der Waals surface area (Å²) < 4.78 is 9.14. The van der Waals surface area contributed by atoms with E-state index in [0.29, 0.717) is 6.41 Å². The van der Waals surface area contributed by atoms with E-state index in [2.05, 4.69) is 30.2 Å². The van der Waals surface area contributed by atoms with Crippen molar-refractivity contribution in [1.82, 2.24) is 15.2 Å². The van der Waals surface area contributed by atoms with Crippen molar-refractivity contribution in [2.75, 3.05) is 30.9 Å². The van der Waals surface area contributed by atoms with E-state index in [1.54, 1.807) is 0 Å². The molecule has 0 aromatic carbocycles. The highest BCUT2D eigenvalue weighted by atomic mass is 32.2. The highest BCUT2D eigenvalue weighted by molar-refractivity contribution is 8.00. The largest absolute Gasteiger partial charge is 0.477 e. The van der Waals surface area contributed by atoms with Gasteiger partial charge in [-0.2, -0.15) is 0 Å². The van der Waals surface area contributed by atoms with Crippen molar-refractivity contribution in [2.45, 2.75) is 11.4 Å². The van der Waals surface area contributed by atoms with Crippen LogP contribution in [0.15, 0.2) is 21.8 Å². The number of hydrogen-bond acceptors (Lipinski definition) is 13. The molecule has 3 heterocycles. The molecule has 18 heteroatoms. The number of rotatable bonds is 13. The number of carbonyl (C=O) groups excluding carboxylic acids is 5. The molecule has 1 saturated heterocycles. The second kappa shape index (κ2) is 12.0. The number of nitrogens with one attached hydrogen (secondary N) is 2. The van der Waals surface area contributed by atoms with Gasteiger partial charge in [-0.05, 0) is 0 Å². The minimum atomic E-state index is -1.41. The van der Waals surface area contributed by atoms with E-state index < -0.39 is 41.9 Å². The Labute approximate surface area is 209 Å². The number of hydrogen-bond donors (Lipinski definition) is 4. The second-order valence-corrected chi connectivity index (χ2v) is 8.73. The first-order valence-electron chi connectivity index (χ1n) is 9.82. The Morgan fingerprint density at radius 1 is 1.33 bits per heavy atom. The standard InChI is InChI=1S/C18H18N6O10S2/c19-17(31)33-3-8-4-35-15-11(14(28)24(15)12(8)16(29)30)22-13(27)10(23-34-2-1-32-7-26)9-5-36-18(21-9)20-6-25/h5-7,11,15H,1-4H2,(H2,19,31)(H,22,27)(H,29,30)(H,20,21,25)/b23-10+/t11?,15-/m1/s1. The minimum absolute atomic E-state index is 0.0232. The number of aliphatic carboxylic acids is 1. The molecule has 0 bridgehead atoms. The summed E-state index contributed by atoms with van der Waals surface area (Å²) in [6, 6.07) is -1.11. The maximum atomic E-state index is 13.0. The summed E-state index contributed by atoms with van der Waals surface area (Å²) in [6.45, 7) is -0.519. The molecule has 2 aliphatic heterocycles. The summed E-state index contributed by atoms with van der Waals surface area (Å²) in [6.07, 6.45) is -0.704. The predicted molar refractivity (Wildman–Crippen MR) is 122 cm³/mol. The Kier molecular flexibility index (Phi) is 8.79. The van der Waals surface area contributed by atoms with Crippen molar-refractivity contribution >= 4 is 70.7 Å². The molecular formula is C18H18N6O10S2. The number of carboxylic acid groups (broad SMARTS) is 1. The first-order chi connectivity index (χ1) is 17.3. The molecule has 4 amide bonds. The molecule has 0 aliphatic carbocycles. The first kappa shape index (κ1) is 26.4. The third kappa shape index (κ3) is 5.89. The molecule has 2 aliphatic rings. The number of ether oxygens (including phenoxy) is 2. The number of thioether (sulfide) groups is 1. The lowest BCUT2D eigenvalue weighted by Crippen LogP contribution is -2.71. The number of thiazole rings is 1. The summed E-state index contributed by atoms with van der Waals surface area (Å²) >= 11 is 2.15. The summed E-state index contributed by atoms with van der Waals surface area (Å²) in [7, 11) is 0. The molecule has 0 spiro atoms. The quantitative estimate of drug-likeness (QED) is 0.0729. The molecule has 192 valence electrons. The van der Waals surface area contributed by atoms with Gasteiger partial charge in [0.1, 0.15) is 36.0 Å². The predicted octanol–water partition coefficient (Wildman–Crippen LogP) is -1.56. The molecule has 36 heavy (non-hydrogen) atoms. The third-order valence-electron chi connectivity index (χ3n) is 4.59. The number of fused-ring (bicyclic) bond motifs is 1. The van der Waals surface area contributed by atoms with Crippen molar-refractivity contribution in [1.29, 1.82) is 0 Å². The van der Waals surface area contributed by atoms with Crippen LogP contribution in [0.25, 0.3) is 0 Å². The van der Waals surface area contributed by atoms with Gasteiger partial charge in [0.15, 0.2) is 17.5 Å². The Morgan fingerprint density at radius 2 is 2.11 bits per heavy atom. The molecule has 16 nitrogen and oxygen atoms in total. The van der Waals surface area contributed by atoms with Gasteiger partial charge in [0.25, 0.3) is 18.3 Å². The second-order valence-electron chi connectivity index (χ2n) is 6.77. The Balaban J connectivity index is 1.76. The maximum Gasteiger partial charge on any atom is 0.404 e. The van der Waals surface area contributed by atoms with E-state index in [-0.39, 0.29) is 53.2 Å². The number of carbonyl (C=O) groups is 6. The van der Waals surface area contributed by atoms with Crippen molar-refractivity contribution in [3.8, 4) is 0 Å². The van der Waals surface area contributed by atoms with Gasteiger partial charge in [0, 0.05) is 16.7 Å². The Bertz CT molecular complexity index is 1140. The molecule has 5 N–H and O–H groups in total. The molecule has 0 saturated carbocycles. The summed E-state index contributed by atoms with van der Waals surface area (Å²) in [5, 5.41) is 19.0. The number of amides is 4. The highest BCUT2D eigenvalue weighted by Gasteiger charge is 2.54. The van der Waals surface area contributed by atoms with Crippen molar-refractivity contribution in [3.63, 3.8) is 0 Å². The van der Waals surface area contributed by atoms with Crippen LogP contribution in [-0.4, -0.2) is 94.5 Å². The topological polar surface area (TPSA) is 229 Å². The monoisotopic (exact) mass is 542 g/mol. The molecule has 1 aromatic rings. The zero-order valence-electron chi connectivity index (χ0n) is 18.1. The minimum Gasteiger partial charge on any atom is -0.477 e. The Morgan fingerprint density at radius 3 is 2.78 bits per heavy atom. The van der Waals surface area contributed by atoms with E-state index in [1.807, 2.05) is 0 Å². The van der Waals surface area contributed by atoms with Crippen LogP contribution in [-0.2, 0) is 38.3 Å². The zero-order chi connectivity index (χ0) is 26.2. The lowest BCUT2D eigenvalue weighted by molar-refractivity contribution is -0.150. The number of carboxylic acids is 1. The maximum absolute atomic E-state index is 13.0. The van der Waals surface area contributed by atoms with Crippen molar-refractivity contribution < 1.29 is 48.2 Å². The SMILES string of the molecule is NC(=O)OCC1=C(C(=O)O)N2C(=O)C(NC(=O)/C(=N/OCCOC=O)c3csc(NC=O)n3)[C@H]2SC1. The lowest BCUT2D eigenvalue weighted by Gasteiger charge is -2.49. The van der Waals surface area contributed by atoms with E-state index in [4.69, 9.17) is 10.6 Å². The summed E-state index contributed by atoms with van der Waals surface area (Å²) in [5.41, 5.74) is 4.43.